The molecule has 0 spiro atoms. The average Bonchev–Trinajstić information content (AvgIpc) is 2.71. The van der Waals surface area contributed by atoms with Crippen molar-refractivity contribution in [1.29, 1.82) is 0 Å². The van der Waals surface area contributed by atoms with Gasteiger partial charge in [-0.25, -0.2) is 9.59 Å². The third-order valence-electron chi connectivity index (χ3n) is 3.86. The molecule has 6 nitrogen and oxygen atoms in total. The Kier molecular flexibility index (Phi) is 8.59. The predicted octanol–water partition coefficient (Wildman–Crippen LogP) is 4.28. The molecule has 0 saturated heterocycles. The molecule has 0 radical (unpaired) electrons. The second kappa shape index (κ2) is 11.4. The first kappa shape index (κ1) is 21.0. The molecule has 148 valence electrons. The first-order chi connectivity index (χ1) is 13.6. The van der Waals surface area contributed by atoms with Crippen LogP contribution in [0.1, 0.15) is 36.0 Å². The van der Waals surface area contributed by atoms with Gasteiger partial charge in [-0.05, 0) is 74.2 Å². The van der Waals surface area contributed by atoms with E-state index in [0.717, 1.165) is 31.8 Å². The van der Waals surface area contributed by atoms with E-state index in [4.69, 9.17) is 14.2 Å². The van der Waals surface area contributed by atoms with Crippen LogP contribution in [-0.2, 0) is 9.53 Å². The molecule has 0 aliphatic heterocycles. The van der Waals surface area contributed by atoms with Crippen LogP contribution >= 0.6 is 0 Å². The molecule has 2 aromatic rings. The van der Waals surface area contributed by atoms with Crippen molar-refractivity contribution in [3.63, 3.8) is 0 Å². The quantitative estimate of drug-likeness (QED) is 0.269. The SMILES string of the molecule is C=CC(=O)OCCCCCCOc1ccc(OC(=O)c2ccc(O)cc2)cc1. The topological polar surface area (TPSA) is 82.1 Å². The summed E-state index contributed by atoms with van der Waals surface area (Å²) >= 11 is 0. The number of rotatable bonds is 11. The lowest BCUT2D eigenvalue weighted by atomic mass is 10.2. The lowest BCUT2D eigenvalue weighted by Gasteiger charge is -2.08. The number of benzene rings is 2. The highest BCUT2D eigenvalue weighted by atomic mass is 16.5. The molecule has 0 aliphatic rings. The maximum Gasteiger partial charge on any atom is 0.343 e. The average molecular weight is 384 g/mol. The molecule has 1 N–H and O–H groups in total. The van der Waals surface area contributed by atoms with Gasteiger partial charge in [0, 0.05) is 6.08 Å². The van der Waals surface area contributed by atoms with Crippen molar-refractivity contribution < 1.29 is 28.9 Å². The number of carbonyl (C=O) groups excluding carboxylic acids is 2. The van der Waals surface area contributed by atoms with Gasteiger partial charge in [0.15, 0.2) is 0 Å². The molecule has 0 bridgehead atoms. The molecule has 0 saturated carbocycles. The number of unbranched alkanes of at least 4 members (excludes halogenated alkanes) is 3. The number of hydrogen-bond donors (Lipinski definition) is 1. The summed E-state index contributed by atoms with van der Waals surface area (Å²) in [6, 6.07) is 12.7. The van der Waals surface area contributed by atoms with Crippen molar-refractivity contribution in [1.82, 2.24) is 0 Å². The van der Waals surface area contributed by atoms with Gasteiger partial charge in [0.05, 0.1) is 18.8 Å². The Morgan fingerprint density at radius 1 is 0.857 bits per heavy atom. The van der Waals surface area contributed by atoms with E-state index < -0.39 is 5.97 Å². The Morgan fingerprint density at radius 2 is 1.46 bits per heavy atom. The zero-order valence-corrected chi connectivity index (χ0v) is 15.6. The molecule has 0 amide bonds. The van der Waals surface area contributed by atoms with Gasteiger partial charge >= 0.3 is 11.9 Å². The minimum Gasteiger partial charge on any atom is -0.508 e. The van der Waals surface area contributed by atoms with Crippen molar-refractivity contribution in [3.8, 4) is 17.2 Å². The zero-order chi connectivity index (χ0) is 20.2. The highest BCUT2D eigenvalue weighted by Crippen LogP contribution is 2.19. The van der Waals surface area contributed by atoms with Crippen LogP contribution in [0, 0.1) is 0 Å². The Morgan fingerprint density at radius 3 is 2.11 bits per heavy atom. The summed E-state index contributed by atoms with van der Waals surface area (Å²) < 4.78 is 15.8. The lowest BCUT2D eigenvalue weighted by molar-refractivity contribution is -0.137. The number of phenols is 1. The highest BCUT2D eigenvalue weighted by molar-refractivity contribution is 5.91. The molecule has 6 heteroatoms. The fourth-order valence-electron chi connectivity index (χ4n) is 2.35. The van der Waals surface area contributed by atoms with E-state index in [1.54, 1.807) is 24.3 Å². The van der Waals surface area contributed by atoms with E-state index in [1.165, 1.54) is 24.3 Å². The third kappa shape index (κ3) is 7.53. The van der Waals surface area contributed by atoms with E-state index in [-0.39, 0.29) is 11.7 Å². The highest BCUT2D eigenvalue weighted by Gasteiger charge is 2.08. The largest absolute Gasteiger partial charge is 0.508 e. The van der Waals surface area contributed by atoms with Crippen LogP contribution in [0.3, 0.4) is 0 Å². The van der Waals surface area contributed by atoms with Crippen LogP contribution in [0.5, 0.6) is 17.2 Å². The summed E-state index contributed by atoms with van der Waals surface area (Å²) in [5.41, 5.74) is 0.359. The summed E-state index contributed by atoms with van der Waals surface area (Å²) in [5, 5.41) is 9.24. The van der Waals surface area contributed by atoms with Gasteiger partial charge in [-0.1, -0.05) is 6.58 Å². The Labute approximate surface area is 164 Å². The molecular formula is C22H24O6. The molecule has 2 aromatic carbocycles. The molecule has 2 rings (SSSR count). The molecule has 0 aliphatic carbocycles. The number of hydrogen-bond acceptors (Lipinski definition) is 6. The van der Waals surface area contributed by atoms with Crippen LogP contribution in [0.4, 0.5) is 0 Å². The van der Waals surface area contributed by atoms with E-state index in [2.05, 4.69) is 6.58 Å². The smallest absolute Gasteiger partial charge is 0.343 e. The van der Waals surface area contributed by atoms with Gasteiger partial charge in [0.2, 0.25) is 0 Å². The number of esters is 2. The van der Waals surface area contributed by atoms with Crippen molar-refractivity contribution >= 4 is 11.9 Å². The molecule has 0 unspecified atom stereocenters. The standard InChI is InChI=1S/C22H24O6/c1-2-21(24)27-16-6-4-3-5-15-26-19-11-13-20(14-12-19)28-22(25)17-7-9-18(23)10-8-17/h2,7-14,23H,1,3-6,15-16H2. The minimum absolute atomic E-state index is 0.0918. The van der Waals surface area contributed by atoms with Crippen LogP contribution in [0.15, 0.2) is 61.2 Å². The first-order valence-corrected chi connectivity index (χ1v) is 9.12. The van der Waals surface area contributed by atoms with Gasteiger partial charge in [-0.15, -0.1) is 0 Å². The molecule has 28 heavy (non-hydrogen) atoms. The maximum atomic E-state index is 12.0. The molecule has 0 aromatic heterocycles. The molecule has 0 fully saturated rings. The second-order valence-electron chi connectivity index (χ2n) is 6.04. The number of phenolic OH excluding ortho intramolecular Hbond substituents is 1. The van der Waals surface area contributed by atoms with Crippen molar-refractivity contribution in [3.05, 3.63) is 66.7 Å². The fourth-order valence-corrected chi connectivity index (χ4v) is 2.35. The number of carbonyl (C=O) groups is 2. The van der Waals surface area contributed by atoms with Gasteiger partial charge in [0.1, 0.15) is 17.2 Å². The molecule has 0 atom stereocenters. The summed E-state index contributed by atoms with van der Waals surface area (Å²) in [6.07, 6.45) is 4.81. The van der Waals surface area contributed by atoms with E-state index >= 15 is 0 Å². The first-order valence-electron chi connectivity index (χ1n) is 9.12. The Balaban J connectivity index is 1.63. The van der Waals surface area contributed by atoms with Crippen molar-refractivity contribution in [2.24, 2.45) is 0 Å². The maximum absolute atomic E-state index is 12.0. The Hall–Kier alpha value is -3.28. The van der Waals surface area contributed by atoms with E-state index in [1.807, 2.05) is 0 Å². The number of aromatic hydroxyl groups is 1. The molecular weight excluding hydrogens is 360 g/mol. The lowest BCUT2D eigenvalue weighted by Crippen LogP contribution is -2.08. The molecule has 0 heterocycles. The van der Waals surface area contributed by atoms with E-state index in [9.17, 15) is 14.7 Å². The van der Waals surface area contributed by atoms with Crippen LogP contribution in [0.25, 0.3) is 0 Å². The summed E-state index contributed by atoms with van der Waals surface area (Å²) in [7, 11) is 0. The van der Waals surface area contributed by atoms with Crippen LogP contribution < -0.4 is 9.47 Å². The summed E-state index contributed by atoms with van der Waals surface area (Å²) in [5.74, 6) is 0.325. The summed E-state index contributed by atoms with van der Waals surface area (Å²) in [6.45, 7) is 4.34. The normalized spacial score (nSPS) is 10.1. The minimum atomic E-state index is -0.493. The van der Waals surface area contributed by atoms with Crippen LogP contribution in [0.2, 0.25) is 0 Å². The van der Waals surface area contributed by atoms with Gasteiger partial charge in [0.25, 0.3) is 0 Å². The van der Waals surface area contributed by atoms with E-state index in [0.29, 0.717) is 30.3 Å². The van der Waals surface area contributed by atoms with Gasteiger partial charge in [-0.2, -0.15) is 0 Å². The Bertz CT molecular complexity index is 765. The van der Waals surface area contributed by atoms with Crippen molar-refractivity contribution in [2.75, 3.05) is 13.2 Å². The van der Waals surface area contributed by atoms with Crippen molar-refractivity contribution in [2.45, 2.75) is 25.7 Å². The predicted molar refractivity (Wildman–Crippen MR) is 105 cm³/mol. The van der Waals surface area contributed by atoms with Crippen LogP contribution in [-0.4, -0.2) is 30.3 Å². The third-order valence-corrected chi connectivity index (χ3v) is 3.86. The zero-order valence-electron chi connectivity index (χ0n) is 15.6. The second-order valence-corrected chi connectivity index (χ2v) is 6.04. The number of ether oxygens (including phenoxy) is 3. The fraction of sp³-hybridized carbons (Fsp3) is 0.273. The van der Waals surface area contributed by atoms with Gasteiger partial charge < -0.3 is 19.3 Å². The summed E-state index contributed by atoms with van der Waals surface area (Å²) in [4.78, 5) is 22.9. The monoisotopic (exact) mass is 384 g/mol. The van der Waals surface area contributed by atoms with Gasteiger partial charge in [-0.3, -0.25) is 0 Å².